The molecule has 0 fully saturated rings. The maximum Gasteiger partial charge on any atom is 0.257 e. The van der Waals surface area contributed by atoms with Crippen LogP contribution in [0.4, 0.5) is 11.4 Å². The van der Waals surface area contributed by atoms with E-state index in [1.165, 1.54) is 12.3 Å². The van der Waals surface area contributed by atoms with E-state index in [1.807, 2.05) is 24.3 Å². The lowest BCUT2D eigenvalue weighted by Gasteiger charge is -2.08. The maximum atomic E-state index is 12.1. The molecule has 0 saturated carbocycles. The van der Waals surface area contributed by atoms with Crippen molar-refractivity contribution in [1.29, 1.82) is 0 Å². The highest BCUT2D eigenvalue weighted by Gasteiger charge is 2.11. The van der Waals surface area contributed by atoms with E-state index in [4.69, 9.17) is 17.3 Å². The van der Waals surface area contributed by atoms with Crippen molar-refractivity contribution in [2.24, 2.45) is 0 Å². The number of pyridine rings is 1. The summed E-state index contributed by atoms with van der Waals surface area (Å²) in [6.07, 6.45) is 2.28. The Morgan fingerprint density at radius 3 is 2.95 bits per heavy atom. The number of rotatable bonds is 3. The van der Waals surface area contributed by atoms with Gasteiger partial charge in [0.1, 0.15) is 5.15 Å². The molecule has 0 aliphatic heterocycles. The molecule has 5 heteroatoms. The van der Waals surface area contributed by atoms with E-state index in [1.54, 1.807) is 0 Å². The number of carbonyl (C=O) groups is 1. The number of anilines is 2. The van der Waals surface area contributed by atoms with E-state index in [9.17, 15) is 4.79 Å². The van der Waals surface area contributed by atoms with E-state index in [-0.39, 0.29) is 11.1 Å². The highest BCUT2D eigenvalue weighted by molar-refractivity contribution is 6.30. The van der Waals surface area contributed by atoms with Crippen LogP contribution in [0.5, 0.6) is 0 Å². The van der Waals surface area contributed by atoms with Gasteiger partial charge >= 0.3 is 0 Å². The molecule has 19 heavy (non-hydrogen) atoms. The fraction of sp³-hybridized carbons (Fsp3) is 0.143. The van der Waals surface area contributed by atoms with Gasteiger partial charge in [0.2, 0.25) is 0 Å². The highest BCUT2D eigenvalue weighted by atomic mass is 35.5. The Hall–Kier alpha value is -2.07. The van der Waals surface area contributed by atoms with Crippen LogP contribution in [0.25, 0.3) is 0 Å². The van der Waals surface area contributed by atoms with Crippen molar-refractivity contribution in [1.82, 2.24) is 4.98 Å². The summed E-state index contributed by atoms with van der Waals surface area (Å²) in [5, 5.41) is 3.03. The minimum absolute atomic E-state index is 0.238. The maximum absolute atomic E-state index is 12.1. The predicted molar refractivity (Wildman–Crippen MR) is 77.4 cm³/mol. The molecule has 2 aromatic rings. The molecule has 1 heterocycles. The second-order valence-electron chi connectivity index (χ2n) is 4.10. The zero-order valence-corrected chi connectivity index (χ0v) is 11.2. The van der Waals surface area contributed by atoms with Gasteiger partial charge in [-0.15, -0.1) is 0 Å². The van der Waals surface area contributed by atoms with Crippen LogP contribution in [0.1, 0.15) is 22.8 Å². The van der Waals surface area contributed by atoms with E-state index in [0.29, 0.717) is 11.3 Å². The van der Waals surface area contributed by atoms with Gasteiger partial charge in [-0.3, -0.25) is 4.79 Å². The third-order valence-corrected chi connectivity index (χ3v) is 2.95. The molecular weight excluding hydrogens is 262 g/mol. The average Bonchev–Trinajstić information content (AvgIpc) is 2.41. The first kappa shape index (κ1) is 13.4. The Balaban J connectivity index is 2.23. The van der Waals surface area contributed by atoms with Crippen LogP contribution in [0.2, 0.25) is 5.15 Å². The molecule has 0 spiro atoms. The normalized spacial score (nSPS) is 10.2. The molecule has 1 aromatic heterocycles. The van der Waals surface area contributed by atoms with Crippen LogP contribution >= 0.6 is 11.6 Å². The summed E-state index contributed by atoms with van der Waals surface area (Å²) in [5.74, 6) is -0.296. The summed E-state index contributed by atoms with van der Waals surface area (Å²) in [7, 11) is 0. The van der Waals surface area contributed by atoms with E-state index < -0.39 is 0 Å². The number of nitrogens with zero attached hydrogens (tertiary/aromatic N) is 1. The summed E-state index contributed by atoms with van der Waals surface area (Å²) in [4.78, 5) is 15.9. The third-order valence-electron chi connectivity index (χ3n) is 2.74. The minimum atomic E-state index is -0.296. The standard InChI is InChI=1S/C14H14ClN3O/c1-2-9-4-3-5-10(6-9)18-14(19)11-7-13(15)17-8-12(11)16/h3-8H,2,16H2,1H3,(H,18,19). The van der Waals surface area contributed by atoms with Gasteiger partial charge in [0, 0.05) is 5.69 Å². The number of benzene rings is 1. The summed E-state index contributed by atoms with van der Waals surface area (Å²) >= 11 is 5.76. The number of hydrogen-bond acceptors (Lipinski definition) is 3. The smallest absolute Gasteiger partial charge is 0.257 e. The minimum Gasteiger partial charge on any atom is -0.397 e. The Kier molecular flexibility index (Phi) is 4.02. The molecule has 3 N–H and O–H groups in total. The molecule has 0 atom stereocenters. The topological polar surface area (TPSA) is 68.0 Å². The Morgan fingerprint density at radius 2 is 2.21 bits per heavy atom. The molecule has 98 valence electrons. The van der Waals surface area contributed by atoms with Gasteiger partial charge in [0.25, 0.3) is 5.91 Å². The molecule has 0 unspecified atom stereocenters. The Bertz CT molecular complexity index is 613. The number of nitrogens with one attached hydrogen (secondary N) is 1. The number of aromatic nitrogens is 1. The number of hydrogen-bond donors (Lipinski definition) is 2. The Morgan fingerprint density at radius 1 is 1.42 bits per heavy atom. The van der Waals surface area contributed by atoms with Crippen molar-refractivity contribution in [3.05, 3.63) is 52.8 Å². The van der Waals surface area contributed by atoms with Crippen molar-refractivity contribution >= 4 is 28.9 Å². The molecule has 0 aliphatic carbocycles. The van der Waals surface area contributed by atoms with Crippen LogP contribution in [-0.2, 0) is 6.42 Å². The summed E-state index contributed by atoms with van der Waals surface area (Å²) < 4.78 is 0. The van der Waals surface area contributed by atoms with Crippen LogP contribution in [0, 0.1) is 0 Å². The lowest BCUT2D eigenvalue weighted by Crippen LogP contribution is -2.14. The number of halogens is 1. The van der Waals surface area contributed by atoms with Gasteiger partial charge in [-0.25, -0.2) is 4.98 Å². The zero-order chi connectivity index (χ0) is 13.8. The van der Waals surface area contributed by atoms with Crippen molar-refractivity contribution < 1.29 is 4.79 Å². The fourth-order valence-electron chi connectivity index (χ4n) is 1.70. The van der Waals surface area contributed by atoms with Gasteiger partial charge in [-0.2, -0.15) is 0 Å². The first-order valence-corrected chi connectivity index (χ1v) is 6.29. The van der Waals surface area contributed by atoms with E-state index in [2.05, 4.69) is 17.2 Å². The quantitative estimate of drug-likeness (QED) is 0.846. The summed E-state index contributed by atoms with van der Waals surface area (Å²) in [6, 6.07) is 9.12. The number of nitrogen functional groups attached to an aromatic ring is 1. The molecule has 2 rings (SSSR count). The highest BCUT2D eigenvalue weighted by Crippen LogP contribution is 2.18. The number of nitrogens with two attached hydrogens (primary N) is 1. The van der Waals surface area contributed by atoms with Crippen LogP contribution < -0.4 is 11.1 Å². The molecule has 0 aliphatic rings. The predicted octanol–water partition coefficient (Wildman–Crippen LogP) is 3.13. The number of aryl methyl sites for hydroxylation is 1. The molecule has 1 aromatic carbocycles. The van der Waals surface area contributed by atoms with Crippen molar-refractivity contribution in [3.63, 3.8) is 0 Å². The molecule has 0 saturated heterocycles. The first-order chi connectivity index (χ1) is 9.10. The third kappa shape index (κ3) is 3.23. The van der Waals surface area contributed by atoms with Crippen LogP contribution in [0.3, 0.4) is 0 Å². The van der Waals surface area contributed by atoms with Crippen molar-refractivity contribution in [2.75, 3.05) is 11.1 Å². The molecule has 4 nitrogen and oxygen atoms in total. The van der Waals surface area contributed by atoms with Crippen molar-refractivity contribution in [2.45, 2.75) is 13.3 Å². The fourth-order valence-corrected chi connectivity index (χ4v) is 1.86. The van der Waals surface area contributed by atoms with Gasteiger partial charge < -0.3 is 11.1 Å². The number of amides is 1. The molecule has 0 bridgehead atoms. The van der Waals surface area contributed by atoms with Crippen LogP contribution in [-0.4, -0.2) is 10.9 Å². The largest absolute Gasteiger partial charge is 0.397 e. The lowest BCUT2D eigenvalue weighted by molar-refractivity contribution is 0.102. The second-order valence-corrected chi connectivity index (χ2v) is 4.49. The van der Waals surface area contributed by atoms with Gasteiger partial charge in [-0.1, -0.05) is 30.7 Å². The SMILES string of the molecule is CCc1cccc(NC(=O)c2cc(Cl)ncc2N)c1. The molecule has 0 radical (unpaired) electrons. The second kappa shape index (κ2) is 5.71. The zero-order valence-electron chi connectivity index (χ0n) is 10.5. The number of carbonyl (C=O) groups excluding carboxylic acids is 1. The van der Waals surface area contributed by atoms with Crippen LogP contribution in [0.15, 0.2) is 36.5 Å². The average molecular weight is 276 g/mol. The van der Waals surface area contributed by atoms with E-state index >= 15 is 0 Å². The van der Waals surface area contributed by atoms with Gasteiger partial charge in [0.15, 0.2) is 0 Å². The van der Waals surface area contributed by atoms with E-state index in [0.717, 1.165) is 17.7 Å². The first-order valence-electron chi connectivity index (χ1n) is 5.91. The molecular formula is C14H14ClN3O. The molecule has 1 amide bonds. The monoisotopic (exact) mass is 275 g/mol. The Labute approximate surface area is 116 Å². The van der Waals surface area contributed by atoms with Crippen molar-refractivity contribution in [3.8, 4) is 0 Å². The van der Waals surface area contributed by atoms with Gasteiger partial charge in [-0.05, 0) is 30.2 Å². The summed E-state index contributed by atoms with van der Waals surface area (Å²) in [5.41, 5.74) is 8.22. The lowest BCUT2D eigenvalue weighted by atomic mass is 10.1. The summed E-state index contributed by atoms with van der Waals surface area (Å²) in [6.45, 7) is 2.06. The van der Waals surface area contributed by atoms with Gasteiger partial charge in [0.05, 0.1) is 17.4 Å².